The lowest BCUT2D eigenvalue weighted by molar-refractivity contribution is -0.116. The number of hydrogen-bond acceptors (Lipinski definition) is 5. The van der Waals surface area contributed by atoms with Crippen molar-refractivity contribution in [2.75, 3.05) is 31.8 Å². The Labute approximate surface area is 165 Å². The van der Waals surface area contributed by atoms with E-state index in [4.69, 9.17) is 4.74 Å². The van der Waals surface area contributed by atoms with Crippen LogP contribution >= 0.6 is 11.8 Å². The van der Waals surface area contributed by atoms with E-state index in [0.29, 0.717) is 17.0 Å². The first-order chi connectivity index (χ1) is 12.8. The maximum Gasteiger partial charge on any atom is 0.243 e. The number of benzene rings is 2. The van der Waals surface area contributed by atoms with Crippen molar-refractivity contribution in [1.29, 1.82) is 0 Å². The van der Waals surface area contributed by atoms with Crippen LogP contribution in [0.2, 0.25) is 0 Å². The number of carbonyl (C=O) groups is 1. The van der Waals surface area contributed by atoms with Crippen LogP contribution in [0.3, 0.4) is 0 Å². The van der Waals surface area contributed by atoms with Crippen LogP contribution in [0.25, 0.3) is 0 Å². The van der Waals surface area contributed by atoms with Gasteiger partial charge in [-0.15, -0.1) is 11.8 Å². The van der Waals surface area contributed by atoms with Gasteiger partial charge in [-0.05, 0) is 49.1 Å². The number of hydrogen-bond donors (Lipinski definition) is 1. The molecule has 0 atom stereocenters. The fourth-order valence-electron chi connectivity index (χ4n) is 2.63. The van der Waals surface area contributed by atoms with Crippen molar-refractivity contribution in [2.45, 2.75) is 23.6 Å². The summed E-state index contributed by atoms with van der Waals surface area (Å²) in [6.45, 7) is 3.41. The Hall–Kier alpha value is -2.03. The van der Waals surface area contributed by atoms with E-state index in [-0.39, 0.29) is 23.9 Å². The molecule has 2 aromatic rings. The van der Waals surface area contributed by atoms with Crippen LogP contribution in [0.4, 0.5) is 5.69 Å². The first-order valence-corrected chi connectivity index (χ1v) is 11.1. The molecule has 2 rings (SSSR count). The van der Waals surface area contributed by atoms with Crippen LogP contribution < -0.4 is 10.1 Å². The molecule has 0 aromatic heterocycles. The fraction of sp³-hybridized carbons (Fsp3) is 0.316. The Bertz CT molecular complexity index is 914. The van der Waals surface area contributed by atoms with Crippen LogP contribution in [-0.2, 0) is 14.8 Å². The zero-order valence-electron chi connectivity index (χ0n) is 15.9. The van der Waals surface area contributed by atoms with Gasteiger partial charge in [0.05, 0.1) is 24.2 Å². The number of aryl methyl sites for hydroxylation is 1. The minimum Gasteiger partial charge on any atom is -0.496 e. The molecule has 0 spiro atoms. The van der Waals surface area contributed by atoms with Gasteiger partial charge in [0.25, 0.3) is 0 Å². The highest BCUT2D eigenvalue weighted by Gasteiger charge is 2.26. The zero-order chi connectivity index (χ0) is 20.0. The van der Waals surface area contributed by atoms with Gasteiger partial charge in [0.15, 0.2) is 0 Å². The van der Waals surface area contributed by atoms with E-state index in [1.165, 1.54) is 24.9 Å². The minimum absolute atomic E-state index is 0.139. The predicted molar refractivity (Wildman–Crippen MR) is 109 cm³/mol. The largest absolute Gasteiger partial charge is 0.496 e. The van der Waals surface area contributed by atoms with Crippen molar-refractivity contribution in [3.63, 3.8) is 0 Å². The molecule has 0 fully saturated rings. The van der Waals surface area contributed by atoms with Crippen molar-refractivity contribution < 1.29 is 17.9 Å². The van der Waals surface area contributed by atoms with Crippen molar-refractivity contribution in [1.82, 2.24) is 4.31 Å². The van der Waals surface area contributed by atoms with E-state index in [9.17, 15) is 13.2 Å². The van der Waals surface area contributed by atoms with E-state index in [1.54, 1.807) is 32.0 Å². The lowest BCUT2D eigenvalue weighted by atomic mass is 10.2. The van der Waals surface area contributed by atoms with Gasteiger partial charge in [0.1, 0.15) is 5.75 Å². The highest BCUT2D eigenvalue weighted by molar-refractivity contribution is 7.98. The summed E-state index contributed by atoms with van der Waals surface area (Å²) < 4.78 is 32.2. The average molecular weight is 409 g/mol. The number of ether oxygens (including phenoxy) is 1. The van der Waals surface area contributed by atoms with E-state index in [1.807, 2.05) is 24.5 Å². The van der Waals surface area contributed by atoms with E-state index >= 15 is 0 Å². The maximum absolute atomic E-state index is 12.9. The van der Waals surface area contributed by atoms with Gasteiger partial charge in [0, 0.05) is 11.4 Å². The topological polar surface area (TPSA) is 75.7 Å². The molecule has 0 heterocycles. The summed E-state index contributed by atoms with van der Waals surface area (Å²) >= 11 is 1.51. The second kappa shape index (κ2) is 9.25. The Morgan fingerprint density at radius 3 is 2.52 bits per heavy atom. The molecule has 0 saturated carbocycles. The SMILES string of the molecule is CCN(CC(=O)Nc1ccccc1SC)S(=O)(=O)c1ccc(OC)c(C)c1. The molecule has 0 saturated heterocycles. The number of para-hydroxylation sites is 1. The number of nitrogens with zero attached hydrogens (tertiary/aromatic N) is 1. The molecule has 1 N–H and O–H groups in total. The van der Waals surface area contributed by atoms with Crippen LogP contribution in [0, 0.1) is 6.92 Å². The number of nitrogens with one attached hydrogen (secondary N) is 1. The second-order valence-electron chi connectivity index (χ2n) is 5.81. The van der Waals surface area contributed by atoms with Gasteiger partial charge in [0.2, 0.25) is 15.9 Å². The number of carbonyl (C=O) groups excluding carboxylic acids is 1. The normalized spacial score (nSPS) is 11.4. The van der Waals surface area contributed by atoms with Crippen molar-refractivity contribution in [3.05, 3.63) is 48.0 Å². The lowest BCUT2D eigenvalue weighted by Gasteiger charge is -2.21. The number of sulfonamides is 1. The molecule has 0 aliphatic carbocycles. The summed E-state index contributed by atoms with van der Waals surface area (Å²) in [5, 5.41) is 2.79. The smallest absolute Gasteiger partial charge is 0.243 e. The predicted octanol–water partition coefficient (Wildman–Crippen LogP) is 3.37. The molecular weight excluding hydrogens is 384 g/mol. The van der Waals surface area contributed by atoms with E-state index in [2.05, 4.69) is 5.32 Å². The third kappa shape index (κ3) is 5.03. The first-order valence-electron chi connectivity index (χ1n) is 8.41. The van der Waals surface area contributed by atoms with Crippen LogP contribution in [0.15, 0.2) is 52.3 Å². The number of methoxy groups -OCH3 is 1. The Balaban J connectivity index is 2.20. The van der Waals surface area contributed by atoms with Crippen LogP contribution in [-0.4, -0.2) is 45.1 Å². The van der Waals surface area contributed by atoms with Gasteiger partial charge >= 0.3 is 0 Å². The second-order valence-corrected chi connectivity index (χ2v) is 8.60. The maximum atomic E-state index is 12.9. The quantitative estimate of drug-likeness (QED) is 0.678. The Morgan fingerprint density at radius 1 is 1.22 bits per heavy atom. The molecular formula is C19H24N2O4S2. The molecule has 0 aliphatic rings. The van der Waals surface area contributed by atoms with Crippen molar-refractivity contribution in [2.24, 2.45) is 0 Å². The molecule has 2 aromatic carbocycles. The molecule has 6 nitrogen and oxygen atoms in total. The summed E-state index contributed by atoms with van der Waals surface area (Å²) in [4.78, 5) is 13.5. The fourth-order valence-corrected chi connectivity index (χ4v) is 4.67. The van der Waals surface area contributed by atoms with E-state index < -0.39 is 10.0 Å². The third-order valence-electron chi connectivity index (χ3n) is 4.06. The van der Waals surface area contributed by atoms with Crippen LogP contribution in [0.5, 0.6) is 5.75 Å². The summed E-state index contributed by atoms with van der Waals surface area (Å²) in [6, 6.07) is 12.1. The number of anilines is 1. The van der Waals surface area contributed by atoms with Gasteiger partial charge < -0.3 is 10.1 Å². The van der Waals surface area contributed by atoms with Crippen molar-refractivity contribution >= 4 is 33.4 Å². The highest BCUT2D eigenvalue weighted by atomic mass is 32.2. The van der Waals surface area contributed by atoms with Crippen molar-refractivity contribution in [3.8, 4) is 5.75 Å². The Morgan fingerprint density at radius 2 is 1.93 bits per heavy atom. The molecule has 8 heteroatoms. The molecule has 27 heavy (non-hydrogen) atoms. The lowest BCUT2D eigenvalue weighted by Crippen LogP contribution is -2.37. The van der Waals surface area contributed by atoms with Gasteiger partial charge in [-0.2, -0.15) is 4.31 Å². The third-order valence-corrected chi connectivity index (χ3v) is 6.77. The minimum atomic E-state index is -3.79. The highest BCUT2D eigenvalue weighted by Crippen LogP contribution is 2.26. The number of rotatable bonds is 8. The molecule has 0 bridgehead atoms. The van der Waals surface area contributed by atoms with E-state index in [0.717, 1.165) is 9.20 Å². The molecule has 0 radical (unpaired) electrons. The number of amides is 1. The first kappa shape index (κ1) is 21.3. The summed E-state index contributed by atoms with van der Waals surface area (Å²) in [7, 11) is -2.26. The number of likely N-dealkylation sites (N-methyl/N-ethyl adjacent to an activating group) is 1. The molecule has 0 aliphatic heterocycles. The van der Waals surface area contributed by atoms with Gasteiger partial charge in [-0.3, -0.25) is 4.79 Å². The standard InChI is InChI=1S/C19H24N2O4S2/c1-5-21(13-19(22)20-16-8-6-7-9-18(16)26-4)27(23,24)15-10-11-17(25-3)14(2)12-15/h6-12H,5,13H2,1-4H3,(H,20,22). The molecule has 0 unspecified atom stereocenters. The summed E-state index contributed by atoms with van der Waals surface area (Å²) in [6.07, 6.45) is 1.92. The summed E-state index contributed by atoms with van der Waals surface area (Å²) in [5.74, 6) is 0.232. The average Bonchev–Trinajstić information content (AvgIpc) is 2.66. The summed E-state index contributed by atoms with van der Waals surface area (Å²) in [5.41, 5.74) is 1.39. The van der Waals surface area contributed by atoms with Crippen LogP contribution in [0.1, 0.15) is 12.5 Å². The Kier molecular flexibility index (Phi) is 7.29. The molecule has 146 valence electrons. The number of thioether (sulfide) groups is 1. The monoisotopic (exact) mass is 408 g/mol. The zero-order valence-corrected chi connectivity index (χ0v) is 17.5. The van der Waals surface area contributed by atoms with Gasteiger partial charge in [-0.25, -0.2) is 8.42 Å². The van der Waals surface area contributed by atoms with Gasteiger partial charge in [-0.1, -0.05) is 19.1 Å². The molecule has 1 amide bonds.